The van der Waals surface area contributed by atoms with E-state index in [-0.39, 0.29) is 0 Å². The molecule has 1 aromatic carbocycles. The highest BCUT2D eigenvalue weighted by Gasteiger charge is 2.32. The maximum Gasteiger partial charge on any atom is 0.224 e. The van der Waals surface area contributed by atoms with E-state index >= 15 is 0 Å². The van der Waals surface area contributed by atoms with Gasteiger partial charge in [-0.2, -0.15) is 0 Å². The Balaban J connectivity index is 2.59. The van der Waals surface area contributed by atoms with E-state index in [2.05, 4.69) is 10.5 Å². The van der Waals surface area contributed by atoms with Crippen LogP contribution < -0.4 is 5.32 Å². The molecule has 0 spiro atoms. The first kappa shape index (κ1) is 9.43. The molecule has 0 aromatic heterocycles. The smallest absolute Gasteiger partial charge is 0.224 e. The molecule has 0 amide bonds. The van der Waals surface area contributed by atoms with E-state index in [4.69, 9.17) is 23.2 Å². The summed E-state index contributed by atoms with van der Waals surface area (Å²) in [5.41, 5.74) is 0.734. The molecule has 1 N–H and O–H groups in total. The number of carbonyl (C=O) groups is 1. The molecule has 0 bridgehead atoms. The van der Waals surface area contributed by atoms with Crippen molar-refractivity contribution in [2.75, 3.05) is 5.32 Å². The summed E-state index contributed by atoms with van der Waals surface area (Å²) in [5, 5.41) is 5.92. The lowest BCUT2D eigenvalue weighted by atomic mass is 10.1. The lowest BCUT2D eigenvalue weighted by Gasteiger charge is -2.01. The molecule has 1 aliphatic heterocycles. The molecule has 1 aliphatic rings. The third-order valence-electron chi connectivity index (χ3n) is 1.96. The fourth-order valence-electron chi connectivity index (χ4n) is 1.34. The van der Waals surface area contributed by atoms with Gasteiger partial charge < -0.3 is 5.32 Å². The van der Waals surface area contributed by atoms with Crippen LogP contribution >= 0.6 is 23.2 Å². The van der Waals surface area contributed by atoms with Crippen molar-refractivity contribution < 1.29 is 4.79 Å². The molecule has 14 heavy (non-hydrogen) atoms. The molecule has 1 aromatic rings. The summed E-state index contributed by atoms with van der Waals surface area (Å²) in [7, 11) is 0. The first-order valence-electron chi connectivity index (χ1n) is 3.75. The number of carbonyl (C=O) groups excluding carboxylic acids is 1. The number of nitrogens with zero attached hydrogens (tertiary/aromatic N) is 1. The molecular weight excluding hydrogens is 227 g/mol. The molecule has 6 heteroatoms. The summed E-state index contributed by atoms with van der Waals surface area (Å²) in [6.07, 6.45) is -1.08. The van der Waals surface area contributed by atoms with E-state index in [0.717, 1.165) is 0 Å². The molecular formula is C8H4Cl2N2O2. The van der Waals surface area contributed by atoms with E-state index in [1.807, 2.05) is 0 Å². The molecule has 4 nitrogen and oxygen atoms in total. The van der Waals surface area contributed by atoms with Crippen LogP contribution in [-0.4, -0.2) is 11.9 Å². The van der Waals surface area contributed by atoms with E-state index in [1.165, 1.54) is 12.1 Å². The predicted molar refractivity (Wildman–Crippen MR) is 54.0 cm³/mol. The fourth-order valence-corrected chi connectivity index (χ4v) is 1.89. The second kappa shape index (κ2) is 3.22. The fraction of sp³-hybridized carbons (Fsp3) is 0.125. The Morgan fingerprint density at radius 2 is 2.07 bits per heavy atom. The summed E-state index contributed by atoms with van der Waals surface area (Å²) >= 11 is 11.5. The number of nitrogens with one attached hydrogen (secondary N) is 1. The number of hydrogen-bond donors (Lipinski definition) is 1. The Bertz CT molecular complexity index is 434. The lowest BCUT2D eigenvalue weighted by Crippen LogP contribution is -2.18. The molecule has 2 rings (SSSR count). The number of benzene rings is 1. The zero-order chi connectivity index (χ0) is 10.3. The van der Waals surface area contributed by atoms with Crippen LogP contribution in [0.2, 0.25) is 10.0 Å². The van der Waals surface area contributed by atoms with Gasteiger partial charge in [0, 0.05) is 10.6 Å². The zero-order valence-electron chi connectivity index (χ0n) is 6.75. The topological polar surface area (TPSA) is 58.5 Å². The van der Waals surface area contributed by atoms with Crippen molar-refractivity contribution in [2.45, 2.75) is 6.17 Å². The first-order valence-corrected chi connectivity index (χ1v) is 4.51. The van der Waals surface area contributed by atoms with Crippen LogP contribution in [0.3, 0.4) is 0 Å². The van der Waals surface area contributed by atoms with Crippen LogP contribution in [-0.2, 0) is 0 Å². The molecule has 0 radical (unpaired) electrons. The van der Waals surface area contributed by atoms with Gasteiger partial charge in [0.2, 0.25) is 11.9 Å². The minimum absolute atomic E-state index is 0.312. The van der Waals surface area contributed by atoms with Gasteiger partial charge in [0.15, 0.2) is 0 Å². The molecule has 1 atom stereocenters. The summed E-state index contributed by atoms with van der Waals surface area (Å²) in [6, 6.07) is 2.96. The van der Waals surface area contributed by atoms with Crippen LogP contribution in [0.25, 0.3) is 0 Å². The molecule has 1 heterocycles. The van der Waals surface area contributed by atoms with Crippen LogP contribution in [0.15, 0.2) is 17.3 Å². The van der Waals surface area contributed by atoms with Crippen molar-refractivity contribution in [3.8, 4) is 0 Å². The second-order valence-electron chi connectivity index (χ2n) is 2.83. The van der Waals surface area contributed by atoms with Gasteiger partial charge in [0.05, 0.1) is 10.7 Å². The van der Waals surface area contributed by atoms with Gasteiger partial charge in [-0.15, -0.1) is 4.91 Å². The molecule has 1 unspecified atom stereocenters. The van der Waals surface area contributed by atoms with Crippen molar-refractivity contribution in [3.63, 3.8) is 0 Å². The highest BCUT2D eigenvalue weighted by Crippen LogP contribution is 2.35. The quantitative estimate of drug-likeness (QED) is 0.755. The van der Waals surface area contributed by atoms with Gasteiger partial charge in [-0.1, -0.05) is 23.2 Å². The molecule has 0 saturated heterocycles. The van der Waals surface area contributed by atoms with Crippen molar-refractivity contribution >= 4 is 34.7 Å². The van der Waals surface area contributed by atoms with Crippen molar-refractivity contribution in [2.24, 2.45) is 5.18 Å². The lowest BCUT2D eigenvalue weighted by molar-refractivity contribution is 0.0981. The van der Waals surface area contributed by atoms with E-state index in [9.17, 15) is 9.70 Å². The van der Waals surface area contributed by atoms with Gasteiger partial charge >= 0.3 is 0 Å². The number of halogens is 2. The minimum Gasteiger partial charge on any atom is -0.353 e. The zero-order valence-corrected chi connectivity index (χ0v) is 8.26. The van der Waals surface area contributed by atoms with Crippen LogP contribution in [0.5, 0.6) is 0 Å². The summed E-state index contributed by atoms with van der Waals surface area (Å²) < 4.78 is 0. The Hall–Kier alpha value is -1.13. The third-order valence-corrected chi connectivity index (χ3v) is 2.47. The average Bonchev–Trinajstić information content (AvgIpc) is 2.44. The highest BCUT2D eigenvalue weighted by atomic mass is 35.5. The highest BCUT2D eigenvalue weighted by molar-refractivity contribution is 6.38. The monoisotopic (exact) mass is 230 g/mol. The Morgan fingerprint density at radius 3 is 2.71 bits per heavy atom. The number of rotatable bonds is 1. The van der Waals surface area contributed by atoms with Gasteiger partial charge in [0.1, 0.15) is 0 Å². The van der Waals surface area contributed by atoms with Crippen molar-refractivity contribution in [1.29, 1.82) is 0 Å². The molecule has 0 fully saturated rings. The second-order valence-corrected chi connectivity index (χ2v) is 3.67. The largest absolute Gasteiger partial charge is 0.353 e. The van der Waals surface area contributed by atoms with Gasteiger partial charge in [-0.05, 0) is 17.3 Å². The Labute approximate surface area is 89.2 Å². The number of ketones is 1. The number of hydrogen-bond acceptors (Lipinski definition) is 4. The molecule has 0 aliphatic carbocycles. The van der Waals surface area contributed by atoms with E-state index in [1.54, 1.807) is 0 Å². The van der Waals surface area contributed by atoms with Gasteiger partial charge in [-0.25, -0.2) is 0 Å². The number of Topliss-reactive ketones (excluding diaryl/α,β-unsaturated/α-hetero) is 1. The van der Waals surface area contributed by atoms with Gasteiger partial charge in [0.25, 0.3) is 0 Å². The maximum atomic E-state index is 11.5. The Morgan fingerprint density at radius 1 is 1.36 bits per heavy atom. The summed E-state index contributed by atoms with van der Waals surface area (Å²) in [4.78, 5) is 21.7. The number of nitroso groups, excluding NO2 is 1. The van der Waals surface area contributed by atoms with Gasteiger partial charge in [-0.3, -0.25) is 4.79 Å². The predicted octanol–water partition coefficient (Wildman–Crippen LogP) is 2.69. The standard InChI is InChI=1S/C8H4Cl2N2O2/c9-3-1-4-6(5(10)2-3)11-8(12-14)7(4)13/h1-2,8,11H. The first-order chi connectivity index (χ1) is 6.63. The molecule has 72 valence electrons. The van der Waals surface area contributed by atoms with Crippen LogP contribution in [0.4, 0.5) is 5.69 Å². The number of fused-ring (bicyclic) bond motifs is 1. The van der Waals surface area contributed by atoms with E-state index in [0.29, 0.717) is 21.3 Å². The van der Waals surface area contributed by atoms with Crippen molar-refractivity contribution in [3.05, 3.63) is 32.6 Å². The maximum absolute atomic E-state index is 11.5. The third kappa shape index (κ3) is 1.27. The summed E-state index contributed by atoms with van der Waals surface area (Å²) in [5.74, 6) is -0.403. The molecule has 0 saturated carbocycles. The van der Waals surface area contributed by atoms with Crippen LogP contribution in [0, 0.1) is 4.91 Å². The minimum atomic E-state index is -1.08. The van der Waals surface area contributed by atoms with Crippen molar-refractivity contribution in [1.82, 2.24) is 0 Å². The Kier molecular flexibility index (Phi) is 2.17. The van der Waals surface area contributed by atoms with E-state index < -0.39 is 11.9 Å². The number of anilines is 1. The SMILES string of the molecule is O=NC1Nc2c(Cl)cc(Cl)cc2C1=O. The normalized spacial score (nSPS) is 19.0. The average molecular weight is 231 g/mol. The van der Waals surface area contributed by atoms with Crippen LogP contribution in [0.1, 0.15) is 10.4 Å². The summed E-state index contributed by atoms with van der Waals surface area (Å²) in [6.45, 7) is 0.